The number of nitrogens with zero attached hydrogens (tertiary/aromatic N) is 3. The highest BCUT2D eigenvalue weighted by Gasteiger charge is 2.24. The highest BCUT2D eigenvalue weighted by molar-refractivity contribution is 14.0. The van der Waals surface area contributed by atoms with E-state index in [9.17, 15) is 0 Å². The number of rotatable bonds is 5. The van der Waals surface area contributed by atoms with Gasteiger partial charge >= 0.3 is 0 Å². The number of ether oxygens (including phenoxy) is 1. The maximum absolute atomic E-state index is 5.57. The minimum Gasteiger partial charge on any atom is -0.379 e. The molecule has 0 aliphatic heterocycles. The Hall–Kier alpha value is -1.35. The minimum absolute atomic E-state index is 0. The number of methoxy groups -OCH3 is 1. The molecule has 140 valence electrons. The van der Waals surface area contributed by atoms with Crippen LogP contribution in [0.5, 0.6) is 0 Å². The molecule has 1 aromatic carbocycles. The van der Waals surface area contributed by atoms with Crippen molar-refractivity contribution in [2.24, 2.45) is 17.5 Å². The first-order valence-corrected chi connectivity index (χ1v) is 8.24. The van der Waals surface area contributed by atoms with Gasteiger partial charge in [0.05, 0.1) is 23.7 Å². The van der Waals surface area contributed by atoms with Crippen LogP contribution in [-0.2, 0) is 18.3 Å². The average molecular weight is 459 g/mol. The van der Waals surface area contributed by atoms with Gasteiger partial charge in [-0.15, -0.1) is 24.0 Å². The fraction of sp³-hybridized carbons (Fsp3) is 0.556. The van der Waals surface area contributed by atoms with E-state index in [4.69, 9.17) is 4.74 Å². The molecule has 0 bridgehead atoms. The Morgan fingerprint density at radius 2 is 1.96 bits per heavy atom. The van der Waals surface area contributed by atoms with Gasteiger partial charge < -0.3 is 19.9 Å². The number of nitrogens with one attached hydrogen (secondary N) is 2. The van der Waals surface area contributed by atoms with Crippen LogP contribution in [0.2, 0.25) is 0 Å². The van der Waals surface area contributed by atoms with Gasteiger partial charge in [-0.1, -0.05) is 32.9 Å². The molecule has 0 saturated heterocycles. The van der Waals surface area contributed by atoms with Gasteiger partial charge in [0.1, 0.15) is 5.82 Å². The van der Waals surface area contributed by atoms with Gasteiger partial charge in [0, 0.05) is 27.7 Å². The topological polar surface area (TPSA) is 63.5 Å². The quantitative estimate of drug-likeness (QED) is 0.410. The monoisotopic (exact) mass is 459 g/mol. The number of hydrogen-bond acceptors (Lipinski definition) is 3. The lowest BCUT2D eigenvalue weighted by molar-refractivity contribution is 0.0205. The lowest BCUT2D eigenvalue weighted by Gasteiger charge is -2.30. The smallest absolute Gasteiger partial charge is 0.191 e. The van der Waals surface area contributed by atoms with E-state index in [1.165, 1.54) is 0 Å². The van der Waals surface area contributed by atoms with Gasteiger partial charge in [0.2, 0.25) is 0 Å². The van der Waals surface area contributed by atoms with Crippen LogP contribution < -0.4 is 10.6 Å². The zero-order valence-electron chi connectivity index (χ0n) is 16.0. The first kappa shape index (κ1) is 21.7. The summed E-state index contributed by atoms with van der Waals surface area (Å²) in [4.78, 5) is 8.94. The van der Waals surface area contributed by atoms with E-state index < -0.39 is 0 Å². The molecule has 2 aromatic rings. The summed E-state index contributed by atoms with van der Waals surface area (Å²) in [6.07, 6.45) is 0.104. The number of para-hydroxylation sites is 2. The molecule has 6 nitrogen and oxygen atoms in total. The van der Waals surface area contributed by atoms with Crippen molar-refractivity contribution in [3.8, 4) is 0 Å². The molecule has 0 aliphatic rings. The second kappa shape index (κ2) is 9.38. The SMILES string of the molecule is CN=C(NCc1nc2ccccc2n1C)NCC(OC)C(C)(C)C.I. The van der Waals surface area contributed by atoms with Gasteiger partial charge in [-0.2, -0.15) is 0 Å². The number of imidazole rings is 1. The number of aliphatic imine (C=N–C) groups is 1. The first-order valence-electron chi connectivity index (χ1n) is 8.24. The molecule has 1 unspecified atom stereocenters. The molecule has 0 saturated carbocycles. The molecule has 25 heavy (non-hydrogen) atoms. The van der Waals surface area contributed by atoms with Gasteiger partial charge in [-0.3, -0.25) is 4.99 Å². The molecule has 2 N–H and O–H groups in total. The standard InChI is InChI=1S/C18H29N5O.HI/c1-18(2,3)15(24-6)11-20-17(19-4)21-12-16-22-13-9-7-8-10-14(13)23(16)5;/h7-10,15H,11-12H2,1-6H3,(H2,19,20,21);1H. The Morgan fingerprint density at radius 3 is 2.52 bits per heavy atom. The lowest BCUT2D eigenvalue weighted by Crippen LogP contribution is -2.45. The second-order valence-corrected chi connectivity index (χ2v) is 6.97. The molecule has 0 radical (unpaired) electrons. The van der Waals surface area contributed by atoms with E-state index in [0.717, 1.165) is 22.8 Å². The first-order chi connectivity index (χ1) is 11.4. The van der Waals surface area contributed by atoms with Crippen LogP contribution in [0.1, 0.15) is 26.6 Å². The molecule has 1 aromatic heterocycles. The van der Waals surface area contributed by atoms with Gasteiger partial charge in [0.25, 0.3) is 0 Å². The second-order valence-electron chi connectivity index (χ2n) is 6.97. The summed E-state index contributed by atoms with van der Waals surface area (Å²) in [5.74, 6) is 1.71. The Balaban J connectivity index is 0.00000312. The van der Waals surface area contributed by atoms with Crippen molar-refractivity contribution in [1.29, 1.82) is 0 Å². The number of benzene rings is 1. The third-order valence-corrected chi connectivity index (χ3v) is 4.22. The number of halogens is 1. The normalized spacial score (nSPS) is 13.4. The van der Waals surface area contributed by atoms with Crippen molar-refractivity contribution in [1.82, 2.24) is 20.2 Å². The van der Waals surface area contributed by atoms with Crippen LogP contribution in [0.4, 0.5) is 0 Å². The summed E-state index contributed by atoms with van der Waals surface area (Å²) in [5, 5.41) is 6.65. The summed E-state index contributed by atoms with van der Waals surface area (Å²) < 4.78 is 7.67. The van der Waals surface area contributed by atoms with Crippen LogP contribution in [0.3, 0.4) is 0 Å². The zero-order valence-corrected chi connectivity index (χ0v) is 18.3. The van der Waals surface area contributed by atoms with Crippen molar-refractivity contribution >= 4 is 41.0 Å². The van der Waals surface area contributed by atoms with Gasteiger partial charge in [-0.05, 0) is 17.5 Å². The Labute approximate surface area is 167 Å². The number of aromatic nitrogens is 2. The molecule has 1 heterocycles. The van der Waals surface area contributed by atoms with Crippen molar-refractivity contribution in [2.75, 3.05) is 20.7 Å². The number of guanidine groups is 1. The van der Waals surface area contributed by atoms with Crippen molar-refractivity contribution < 1.29 is 4.74 Å². The fourth-order valence-corrected chi connectivity index (χ4v) is 2.67. The third-order valence-electron chi connectivity index (χ3n) is 4.22. The molecular formula is C18H30IN5O. The zero-order chi connectivity index (χ0) is 17.7. The van der Waals surface area contributed by atoms with E-state index in [-0.39, 0.29) is 35.5 Å². The highest BCUT2D eigenvalue weighted by Crippen LogP contribution is 2.20. The van der Waals surface area contributed by atoms with Crippen LogP contribution in [0, 0.1) is 5.41 Å². The molecule has 7 heteroatoms. The molecule has 0 aliphatic carbocycles. The summed E-state index contributed by atoms with van der Waals surface area (Å²) in [7, 11) is 5.54. The maximum atomic E-state index is 5.57. The third kappa shape index (κ3) is 5.57. The van der Waals surface area contributed by atoms with E-state index >= 15 is 0 Å². The van der Waals surface area contributed by atoms with E-state index in [2.05, 4.69) is 52.0 Å². The number of hydrogen-bond donors (Lipinski definition) is 2. The predicted octanol–water partition coefficient (Wildman–Crippen LogP) is 2.92. The summed E-state index contributed by atoms with van der Waals surface area (Å²) in [5.41, 5.74) is 2.20. The summed E-state index contributed by atoms with van der Waals surface area (Å²) in [6, 6.07) is 8.13. The molecule has 0 fully saturated rings. The van der Waals surface area contributed by atoms with Crippen LogP contribution in [0.15, 0.2) is 29.3 Å². The largest absolute Gasteiger partial charge is 0.379 e. The van der Waals surface area contributed by atoms with E-state index in [1.807, 2.05) is 25.2 Å². The maximum Gasteiger partial charge on any atom is 0.191 e. The Morgan fingerprint density at radius 1 is 1.28 bits per heavy atom. The van der Waals surface area contributed by atoms with Gasteiger partial charge in [0.15, 0.2) is 5.96 Å². The summed E-state index contributed by atoms with van der Waals surface area (Å²) in [6.45, 7) is 7.80. The summed E-state index contributed by atoms with van der Waals surface area (Å²) >= 11 is 0. The fourth-order valence-electron chi connectivity index (χ4n) is 2.67. The highest BCUT2D eigenvalue weighted by atomic mass is 127. The van der Waals surface area contributed by atoms with Crippen LogP contribution in [0.25, 0.3) is 11.0 Å². The van der Waals surface area contributed by atoms with E-state index in [0.29, 0.717) is 13.1 Å². The van der Waals surface area contributed by atoms with Crippen LogP contribution in [-0.4, -0.2) is 42.3 Å². The van der Waals surface area contributed by atoms with Crippen molar-refractivity contribution in [3.05, 3.63) is 30.1 Å². The minimum atomic E-state index is 0. The van der Waals surface area contributed by atoms with Crippen molar-refractivity contribution in [3.63, 3.8) is 0 Å². The van der Waals surface area contributed by atoms with Crippen LogP contribution >= 0.6 is 24.0 Å². The molecule has 0 amide bonds. The van der Waals surface area contributed by atoms with E-state index in [1.54, 1.807) is 14.2 Å². The molecular weight excluding hydrogens is 429 g/mol. The molecule has 2 rings (SSSR count). The predicted molar refractivity (Wildman–Crippen MR) is 115 cm³/mol. The Bertz CT molecular complexity index is 705. The molecule has 0 spiro atoms. The Kier molecular flexibility index (Phi) is 8.14. The number of aryl methyl sites for hydroxylation is 1. The average Bonchev–Trinajstić information content (AvgIpc) is 2.86. The van der Waals surface area contributed by atoms with Crippen molar-refractivity contribution in [2.45, 2.75) is 33.4 Å². The number of fused-ring (bicyclic) bond motifs is 1. The molecule has 1 atom stereocenters. The van der Waals surface area contributed by atoms with Gasteiger partial charge in [-0.25, -0.2) is 4.98 Å². The lowest BCUT2D eigenvalue weighted by atomic mass is 9.89.